The van der Waals surface area contributed by atoms with Crippen LogP contribution in [0.15, 0.2) is 55.4 Å². The summed E-state index contributed by atoms with van der Waals surface area (Å²) in [6.45, 7) is 4.47. The molecule has 2 aliphatic heterocycles. The molecular weight excluding hydrogens is 555 g/mol. The SMILES string of the molecule is C=CC(=O)N1CCC[C@@H](n2nc(-c3ccc(NC(=O)c4ccc(C(F)(F)F)cc4)c4c3OCO4)c3c(N)ncnc32)C1. The molecule has 0 aliphatic carbocycles. The Morgan fingerprint density at radius 1 is 1.10 bits per heavy atom. The molecule has 0 bridgehead atoms. The van der Waals surface area contributed by atoms with Crippen LogP contribution in [-0.2, 0) is 11.0 Å². The molecule has 3 N–H and O–H groups in total. The van der Waals surface area contributed by atoms with Crippen molar-refractivity contribution in [1.82, 2.24) is 24.6 Å². The summed E-state index contributed by atoms with van der Waals surface area (Å²) in [6.07, 6.45) is -0.358. The van der Waals surface area contributed by atoms with Gasteiger partial charge in [0.05, 0.1) is 22.7 Å². The zero-order chi connectivity index (χ0) is 29.6. The third-order valence-corrected chi connectivity index (χ3v) is 7.24. The third-order valence-electron chi connectivity index (χ3n) is 7.24. The molecule has 216 valence electrons. The molecule has 42 heavy (non-hydrogen) atoms. The Hall–Kier alpha value is -5.14. The first-order chi connectivity index (χ1) is 20.2. The lowest BCUT2D eigenvalue weighted by molar-refractivity contribution is -0.137. The minimum absolute atomic E-state index is 0.0332. The van der Waals surface area contributed by atoms with Crippen molar-refractivity contribution in [2.24, 2.45) is 0 Å². The summed E-state index contributed by atoms with van der Waals surface area (Å²) < 4.78 is 51.9. The van der Waals surface area contributed by atoms with Crippen LogP contribution in [0.5, 0.6) is 11.5 Å². The molecule has 0 radical (unpaired) electrons. The minimum Gasteiger partial charge on any atom is -0.453 e. The minimum atomic E-state index is -4.51. The number of nitrogens with zero attached hydrogens (tertiary/aromatic N) is 5. The summed E-state index contributed by atoms with van der Waals surface area (Å²) in [4.78, 5) is 35.5. The molecule has 0 unspecified atom stereocenters. The highest BCUT2D eigenvalue weighted by Crippen LogP contribution is 2.48. The van der Waals surface area contributed by atoms with Crippen molar-refractivity contribution in [3.05, 3.63) is 66.5 Å². The quantitative estimate of drug-likeness (QED) is 0.332. The van der Waals surface area contributed by atoms with E-state index in [1.165, 1.54) is 12.4 Å². The van der Waals surface area contributed by atoms with Gasteiger partial charge in [0.1, 0.15) is 17.8 Å². The van der Waals surface area contributed by atoms with E-state index in [9.17, 15) is 22.8 Å². The van der Waals surface area contributed by atoms with Gasteiger partial charge in [-0.25, -0.2) is 14.6 Å². The van der Waals surface area contributed by atoms with E-state index in [1.54, 1.807) is 21.7 Å². The molecule has 4 heterocycles. The Morgan fingerprint density at radius 2 is 1.86 bits per heavy atom. The summed E-state index contributed by atoms with van der Waals surface area (Å²) in [6, 6.07) is 6.95. The number of aromatic nitrogens is 4. The van der Waals surface area contributed by atoms with Crippen LogP contribution in [0.3, 0.4) is 0 Å². The Kier molecular flexibility index (Phi) is 6.67. The fourth-order valence-corrected chi connectivity index (χ4v) is 5.21. The van der Waals surface area contributed by atoms with E-state index in [0.717, 1.165) is 37.1 Å². The predicted molar refractivity (Wildman–Crippen MR) is 146 cm³/mol. The Morgan fingerprint density at radius 3 is 2.60 bits per heavy atom. The number of hydrogen-bond donors (Lipinski definition) is 2. The number of carbonyl (C=O) groups excluding carboxylic acids is 2. The van der Waals surface area contributed by atoms with Crippen LogP contribution in [0.1, 0.15) is 34.8 Å². The molecule has 2 aromatic heterocycles. The number of ether oxygens (including phenoxy) is 2. The van der Waals surface area contributed by atoms with E-state index in [2.05, 4.69) is 21.9 Å². The zero-order valence-corrected chi connectivity index (χ0v) is 22.0. The molecule has 1 saturated heterocycles. The smallest absolute Gasteiger partial charge is 0.416 e. The maximum Gasteiger partial charge on any atom is 0.416 e. The number of likely N-dealkylation sites (tertiary alicyclic amines) is 1. The third kappa shape index (κ3) is 4.74. The summed E-state index contributed by atoms with van der Waals surface area (Å²) in [7, 11) is 0. The van der Waals surface area contributed by atoms with Gasteiger partial charge in [-0.3, -0.25) is 9.59 Å². The van der Waals surface area contributed by atoms with Crippen molar-refractivity contribution in [2.45, 2.75) is 25.1 Å². The average Bonchev–Trinajstić information content (AvgIpc) is 3.63. The van der Waals surface area contributed by atoms with Crippen molar-refractivity contribution in [3.63, 3.8) is 0 Å². The number of amides is 2. The van der Waals surface area contributed by atoms with Crippen molar-refractivity contribution in [1.29, 1.82) is 0 Å². The molecular formula is C28H24F3N7O4. The van der Waals surface area contributed by atoms with Gasteiger partial charge in [-0.05, 0) is 55.3 Å². The first-order valence-corrected chi connectivity index (χ1v) is 13.0. The number of rotatable bonds is 5. The van der Waals surface area contributed by atoms with Crippen LogP contribution < -0.4 is 20.5 Å². The number of nitrogen functional groups attached to an aromatic ring is 1. The first-order valence-electron chi connectivity index (χ1n) is 13.0. The van der Waals surface area contributed by atoms with Gasteiger partial charge in [-0.15, -0.1) is 0 Å². The molecule has 2 aliphatic rings. The highest BCUT2D eigenvalue weighted by Gasteiger charge is 2.32. The highest BCUT2D eigenvalue weighted by molar-refractivity contribution is 6.06. The number of piperidine rings is 1. The number of alkyl halides is 3. The largest absolute Gasteiger partial charge is 0.453 e. The fourth-order valence-electron chi connectivity index (χ4n) is 5.21. The molecule has 1 atom stereocenters. The van der Waals surface area contributed by atoms with Crippen LogP contribution >= 0.6 is 0 Å². The van der Waals surface area contributed by atoms with Gasteiger partial charge in [0.25, 0.3) is 5.91 Å². The Labute approximate surface area is 236 Å². The normalized spacial score (nSPS) is 16.5. The molecule has 14 heteroatoms. The molecule has 6 rings (SSSR count). The van der Waals surface area contributed by atoms with Crippen LogP contribution in [0, 0.1) is 0 Å². The fraction of sp³-hybridized carbons (Fsp3) is 0.250. The maximum atomic E-state index is 12.9. The number of halogens is 3. The molecule has 0 spiro atoms. The summed E-state index contributed by atoms with van der Waals surface area (Å²) in [5.41, 5.74) is 7.16. The lowest BCUT2D eigenvalue weighted by Gasteiger charge is -2.32. The van der Waals surface area contributed by atoms with E-state index < -0.39 is 17.6 Å². The van der Waals surface area contributed by atoms with Crippen molar-refractivity contribution < 1.29 is 32.2 Å². The zero-order valence-electron chi connectivity index (χ0n) is 22.0. The van der Waals surface area contributed by atoms with Crippen molar-refractivity contribution in [2.75, 3.05) is 30.9 Å². The van der Waals surface area contributed by atoms with Crippen molar-refractivity contribution in [3.8, 4) is 22.8 Å². The molecule has 11 nitrogen and oxygen atoms in total. The topological polar surface area (TPSA) is 137 Å². The Bertz CT molecular complexity index is 1720. The standard InChI is InChI=1S/C28H24F3N7O4/c1-2-20(39)37-11-3-4-17(12-37)38-26-21(25(32)33-13-34-26)22(36-38)18-9-10-19(24-23(18)41-14-42-24)35-27(40)15-5-7-16(8-6-15)28(29,30)31/h2,5-10,13,17H,1,3-4,11-12,14H2,(H,35,40)(H2,32,33,34)/t17-/m1/s1. The highest BCUT2D eigenvalue weighted by atomic mass is 19.4. The van der Waals surface area contributed by atoms with Gasteiger partial charge in [0, 0.05) is 24.2 Å². The van der Waals surface area contributed by atoms with Crippen LogP contribution in [0.2, 0.25) is 0 Å². The number of hydrogen-bond acceptors (Lipinski definition) is 8. The van der Waals surface area contributed by atoms with E-state index in [-0.39, 0.29) is 41.6 Å². The maximum absolute atomic E-state index is 12.9. The summed E-state index contributed by atoms with van der Waals surface area (Å²) in [5, 5.41) is 8.03. The second-order valence-electron chi connectivity index (χ2n) is 9.79. The van der Waals surface area contributed by atoms with Gasteiger partial charge < -0.3 is 25.4 Å². The van der Waals surface area contributed by atoms with Gasteiger partial charge in [0.15, 0.2) is 17.1 Å². The van der Waals surface area contributed by atoms with Gasteiger partial charge in [-0.2, -0.15) is 18.3 Å². The van der Waals surface area contributed by atoms with Gasteiger partial charge in [0.2, 0.25) is 12.7 Å². The number of anilines is 2. The lowest BCUT2D eigenvalue weighted by atomic mass is 10.1. The van der Waals surface area contributed by atoms with E-state index in [1.807, 2.05) is 0 Å². The predicted octanol–water partition coefficient (Wildman–Crippen LogP) is 4.42. The molecule has 2 amide bonds. The average molecular weight is 580 g/mol. The molecule has 2 aromatic carbocycles. The molecule has 0 saturated carbocycles. The van der Waals surface area contributed by atoms with Gasteiger partial charge >= 0.3 is 6.18 Å². The second kappa shape index (κ2) is 10.4. The first kappa shape index (κ1) is 27.1. The molecule has 1 fully saturated rings. The van der Waals surface area contributed by atoms with E-state index >= 15 is 0 Å². The summed E-state index contributed by atoms with van der Waals surface area (Å²) >= 11 is 0. The number of fused-ring (bicyclic) bond motifs is 2. The Balaban J connectivity index is 1.36. The second-order valence-corrected chi connectivity index (χ2v) is 9.79. The number of nitrogens with one attached hydrogen (secondary N) is 1. The van der Waals surface area contributed by atoms with E-state index in [4.69, 9.17) is 20.3 Å². The monoisotopic (exact) mass is 579 g/mol. The number of carbonyl (C=O) groups is 2. The van der Waals surface area contributed by atoms with Crippen LogP contribution in [0.4, 0.5) is 24.7 Å². The number of nitrogens with two attached hydrogens (primary N) is 1. The summed E-state index contributed by atoms with van der Waals surface area (Å²) in [5.74, 6) is -0.0721. The van der Waals surface area contributed by atoms with Crippen LogP contribution in [-0.4, -0.2) is 56.3 Å². The van der Waals surface area contributed by atoms with Crippen LogP contribution in [0.25, 0.3) is 22.3 Å². The van der Waals surface area contributed by atoms with Gasteiger partial charge in [-0.1, -0.05) is 6.58 Å². The number of benzene rings is 2. The molecule has 4 aromatic rings. The van der Waals surface area contributed by atoms with E-state index in [0.29, 0.717) is 41.1 Å². The lowest BCUT2D eigenvalue weighted by Crippen LogP contribution is -2.40. The van der Waals surface area contributed by atoms with Crippen molar-refractivity contribution >= 4 is 34.4 Å².